The number of nitrogens with zero attached hydrogens (tertiary/aromatic N) is 1. The van der Waals surface area contributed by atoms with E-state index >= 15 is 0 Å². The van der Waals surface area contributed by atoms with Crippen molar-refractivity contribution in [3.05, 3.63) is 54.0 Å². The molecule has 2 heterocycles. The van der Waals surface area contributed by atoms with E-state index in [1.807, 2.05) is 0 Å². The predicted octanol–water partition coefficient (Wildman–Crippen LogP) is 2.91. The van der Waals surface area contributed by atoms with Crippen molar-refractivity contribution >= 4 is 17.5 Å². The van der Waals surface area contributed by atoms with Crippen LogP contribution in [0.15, 0.2) is 47.1 Å². The maximum Gasteiger partial charge on any atom is 0.291 e. The lowest BCUT2D eigenvalue weighted by Gasteiger charge is -2.33. The maximum absolute atomic E-state index is 12.7. The molecule has 0 spiro atoms. The second-order valence-corrected chi connectivity index (χ2v) is 6.82. The predicted molar refractivity (Wildman–Crippen MR) is 93.5 cm³/mol. The van der Waals surface area contributed by atoms with Crippen LogP contribution in [0.2, 0.25) is 0 Å². The zero-order valence-corrected chi connectivity index (χ0v) is 14.4. The van der Waals surface area contributed by atoms with Crippen molar-refractivity contribution < 1.29 is 19.1 Å². The average molecular weight is 342 g/mol. The molecule has 1 aliphatic rings. The van der Waals surface area contributed by atoms with Gasteiger partial charge in [-0.25, -0.2) is 0 Å². The second kappa shape index (κ2) is 6.72. The maximum atomic E-state index is 12.7. The van der Waals surface area contributed by atoms with E-state index in [9.17, 15) is 14.7 Å². The minimum absolute atomic E-state index is 0.103. The second-order valence-electron chi connectivity index (χ2n) is 6.82. The van der Waals surface area contributed by atoms with E-state index in [2.05, 4.69) is 5.32 Å². The van der Waals surface area contributed by atoms with Crippen molar-refractivity contribution in [3.8, 4) is 0 Å². The van der Waals surface area contributed by atoms with Crippen LogP contribution in [0.4, 0.5) is 5.69 Å². The minimum atomic E-state index is -0.927. The highest BCUT2D eigenvalue weighted by Gasteiger charge is 2.38. The van der Waals surface area contributed by atoms with Gasteiger partial charge in [-0.1, -0.05) is 0 Å². The Labute approximate surface area is 146 Å². The molecular formula is C19H22N2O4. The summed E-state index contributed by atoms with van der Waals surface area (Å²) in [6.07, 6.45) is 3.12. The lowest BCUT2D eigenvalue weighted by molar-refractivity contribution is 0.000336. The molecule has 3 rings (SSSR count). The molecule has 132 valence electrons. The van der Waals surface area contributed by atoms with Gasteiger partial charge in [-0.2, -0.15) is 0 Å². The molecule has 1 fully saturated rings. The zero-order valence-electron chi connectivity index (χ0n) is 14.4. The summed E-state index contributed by atoms with van der Waals surface area (Å²) in [5, 5.41) is 13.0. The first kappa shape index (κ1) is 17.2. The van der Waals surface area contributed by atoms with Crippen LogP contribution in [-0.2, 0) is 0 Å². The van der Waals surface area contributed by atoms with Crippen molar-refractivity contribution in [2.75, 3.05) is 11.9 Å². The fraction of sp³-hybridized carbons (Fsp3) is 0.368. The minimum Gasteiger partial charge on any atom is -0.459 e. The van der Waals surface area contributed by atoms with Crippen molar-refractivity contribution in [3.63, 3.8) is 0 Å². The number of carbonyl (C=O) groups is 2. The molecule has 2 aromatic rings. The van der Waals surface area contributed by atoms with Gasteiger partial charge < -0.3 is 19.7 Å². The van der Waals surface area contributed by atoms with Crippen LogP contribution in [0, 0.1) is 0 Å². The summed E-state index contributed by atoms with van der Waals surface area (Å²) in [7, 11) is 0. The van der Waals surface area contributed by atoms with Gasteiger partial charge in [-0.15, -0.1) is 0 Å². The van der Waals surface area contributed by atoms with Crippen LogP contribution in [-0.4, -0.2) is 40.0 Å². The number of anilines is 1. The molecule has 6 heteroatoms. The van der Waals surface area contributed by atoms with Crippen LogP contribution in [0.1, 0.15) is 47.6 Å². The summed E-state index contributed by atoms with van der Waals surface area (Å²) >= 11 is 0. The Hall–Kier alpha value is -2.60. The van der Waals surface area contributed by atoms with Crippen molar-refractivity contribution in [2.45, 2.75) is 38.3 Å². The van der Waals surface area contributed by atoms with Crippen LogP contribution in [0.25, 0.3) is 0 Å². The molecule has 2 amide bonds. The van der Waals surface area contributed by atoms with E-state index in [0.29, 0.717) is 17.8 Å². The number of likely N-dealkylation sites (tertiary alicyclic amines) is 1. The highest BCUT2D eigenvalue weighted by Crippen LogP contribution is 2.28. The molecule has 0 aliphatic carbocycles. The molecule has 1 aromatic heterocycles. The number of hydrogen-bond acceptors (Lipinski definition) is 4. The van der Waals surface area contributed by atoms with Gasteiger partial charge in [0.05, 0.1) is 17.9 Å². The number of nitrogens with one attached hydrogen (secondary N) is 1. The lowest BCUT2D eigenvalue weighted by atomic mass is 9.96. The molecule has 0 saturated carbocycles. The fourth-order valence-electron chi connectivity index (χ4n) is 3.21. The molecule has 25 heavy (non-hydrogen) atoms. The largest absolute Gasteiger partial charge is 0.459 e. The quantitative estimate of drug-likeness (QED) is 0.895. The number of hydrogen-bond donors (Lipinski definition) is 2. The van der Waals surface area contributed by atoms with Crippen LogP contribution >= 0.6 is 0 Å². The number of amides is 2. The third kappa shape index (κ3) is 3.74. The Morgan fingerprint density at radius 1 is 1.24 bits per heavy atom. The molecule has 1 aliphatic heterocycles. The molecule has 1 atom stereocenters. The summed E-state index contributed by atoms with van der Waals surface area (Å²) in [4.78, 5) is 26.4. The molecule has 0 bridgehead atoms. The number of furan rings is 1. The van der Waals surface area contributed by atoms with E-state index < -0.39 is 5.60 Å². The van der Waals surface area contributed by atoms with Crippen molar-refractivity contribution in [1.29, 1.82) is 0 Å². The fourth-order valence-corrected chi connectivity index (χ4v) is 3.21. The van der Waals surface area contributed by atoms with Crippen molar-refractivity contribution in [1.82, 2.24) is 4.90 Å². The molecule has 6 nitrogen and oxygen atoms in total. The lowest BCUT2D eigenvalue weighted by Crippen LogP contribution is -2.48. The Morgan fingerprint density at radius 2 is 1.96 bits per heavy atom. The highest BCUT2D eigenvalue weighted by molar-refractivity contribution is 6.02. The van der Waals surface area contributed by atoms with Gasteiger partial charge in [0.2, 0.25) is 0 Å². The zero-order chi connectivity index (χ0) is 18.0. The van der Waals surface area contributed by atoms with Crippen LogP contribution in [0.5, 0.6) is 0 Å². The van der Waals surface area contributed by atoms with Gasteiger partial charge in [0.15, 0.2) is 5.76 Å². The Kier molecular flexibility index (Phi) is 4.63. The number of carbonyl (C=O) groups excluding carboxylic acids is 2. The van der Waals surface area contributed by atoms with E-state index in [0.717, 1.165) is 12.8 Å². The first-order valence-electron chi connectivity index (χ1n) is 8.34. The first-order valence-corrected chi connectivity index (χ1v) is 8.34. The summed E-state index contributed by atoms with van der Waals surface area (Å²) in [6.45, 7) is 4.11. The normalized spacial score (nSPS) is 17.6. The third-order valence-electron chi connectivity index (χ3n) is 4.46. The Morgan fingerprint density at radius 3 is 2.56 bits per heavy atom. The van der Waals surface area contributed by atoms with Gasteiger partial charge >= 0.3 is 0 Å². The number of rotatable bonds is 4. The Balaban J connectivity index is 1.69. The molecule has 1 aromatic carbocycles. The van der Waals surface area contributed by atoms with Gasteiger partial charge in [-0.3, -0.25) is 9.59 Å². The highest BCUT2D eigenvalue weighted by atomic mass is 16.3. The van der Waals surface area contributed by atoms with E-state index in [-0.39, 0.29) is 23.6 Å². The average Bonchev–Trinajstić information content (AvgIpc) is 3.26. The van der Waals surface area contributed by atoms with Crippen LogP contribution < -0.4 is 5.32 Å². The molecule has 0 radical (unpaired) electrons. The monoisotopic (exact) mass is 342 g/mol. The molecule has 1 saturated heterocycles. The van der Waals surface area contributed by atoms with Gasteiger partial charge in [0.1, 0.15) is 0 Å². The van der Waals surface area contributed by atoms with E-state index in [4.69, 9.17) is 4.42 Å². The van der Waals surface area contributed by atoms with Crippen LogP contribution in [0.3, 0.4) is 0 Å². The van der Waals surface area contributed by atoms with E-state index in [1.165, 1.54) is 6.26 Å². The van der Waals surface area contributed by atoms with E-state index in [1.54, 1.807) is 55.1 Å². The standard InChI is InChI=1S/C19H22N2O4/c1-19(2,24)16-6-3-11-21(16)18(23)13-7-9-14(10-8-13)20-17(22)15-5-4-12-25-15/h4-5,7-10,12,16,24H,3,6,11H2,1-2H3,(H,20,22). The van der Waals surface area contributed by atoms with Crippen molar-refractivity contribution in [2.24, 2.45) is 0 Å². The molecule has 1 unspecified atom stereocenters. The summed E-state index contributed by atoms with van der Waals surface area (Å²) in [5.74, 6) is -0.218. The topological polar surface area (TPSA) is 82.8 Å². The molecular weight excluding hydrogens is 320 g/mol. The van der Waals surface area contributed by atoms with Gasteiger partial charge in [0, 0.05) is 17.8 Å². The number of benzene rings is 1. The smallest absolute Gasteiger partial charge is 0.291 e. The number of aliphatic hydroxyl groups is 1. The summed E-state index contributed by atoms with van der Waals surface area (Å²) in [6, 6.07) is 9.77. The Bertz CT molecular complexity index is 745. The third-order valence-corrected chi connectivity index (χ3v) is 4.46. The SMILES string of the molecule is CC(C)(O)C1CCCN1C(=O)c1ccc(NC(=O)c2ccco2)cc1. The molecule has 2 N–H and O–H groups in total. The summed E-state index contributed by atoms with van der Waals surface area (Å²) in [5.41, 5.74) is 0.189. The van der Waals surface area contributed by atoms with Gasteiger partial charge in [0.25, 0.3) is 11.8 Å². The first-order chi connectivity index (χ1) is 11.9. The van der Waals surface area contributed by atoms with Gasteiger partial charge in [-0.05, 0) is 63.1 Å². The summed E-state index contributed by atoms with van der Waals surface area (Å²) < 4.78 is 5.04.